The Labute approximate surface area is 224 Å². The maximum absolute atomic E-state index is 13.9. The van der Waals surface area contributed by atoms with E-state index in [0.29, 0.717) is 20.6 Å². The zero-order chi connectivity index (χ0) is 26.6. The van der Waals surface area contributed by atoms with E-state index in [1.165, 1.54) is 11.3 Å². The maximum Gasteiger partial charge on any atom is 0.338 e. The number of aromatic nitrogens is 1. The molecule has 192 valence electrons. The summed E-state index contributed by atoms with van der Waals surface area (Å²) in [6, 6.07) is 26.0. The lowest BCUT2D eigenvalue weighted by Crippen LogP contribution is -2.39. The van der Waals surface area contributed by atoms with Gasteiger partial charge in [0.05, 0.1) is 34.6 Å². The SMILES string of the molecule is CCOC(=O)C1=C(c2ccccc2)N=c2s/c(=C\c3cccc(OC(C)C)c3)c(=O)n2[C@@H]1c1ccccc1. The topological polar surface area (TPSA) is 69.9 Å². The fourth-order valence-electron chi connectivity index (χ4n) is 4.49. The summed E-state index contributed by atoms with van der Waals surface area (Å²) >= 11 is 1.30. The Morgan fingerprint density at radius 2 is 1.74 bits per heavy atom. The van der Waals surface area contributed by atoms with Crippen LogP contribution in [-0.4, -0.2) is 23.2 Å². The standard InChI is InChI=1S/C31H28N2O4S/c1-4-36-30(35)26-27(22-13-7-5-8-14-22)32-31-33(28(26)23-15-9-6-10-16-23)29(34)25(38-31)19-21-12-11-17-24(18-21)37-20(2)3/h5-20,28H,4H2,1-3H3/b25-19-/t28-/m1/s1. The minimum atomic E-state index is -0.681. The van der Waals surface area contributed by atoms with E-state index in [-0.39, 0.29) is 18.3 Å². The fraction of sp³-hybridized carbons (Fsp3) is 0.194. The largest absolute Gasteiger partial charge is 0.491 e. The summed E-state index contributed by atoms with van der Waals surface area (Å²) in [7, 11) is 0. The summed E-state index contributed by atoms with van der Waals surface area (Å²) in [5.41, 5.74) is 3.07. The van der Waals surface area contributed by atoms with Crippen LogP contribution >= 0.6 is 11.3 Å². The van der Waals surface area contributed by atoms with E-state index in [9.17, 15) is 9.59 Å². The predicted molar refractivity (Wildman–Crippen MR) is 150 cm³/mol. The number of esters is 1. The molecular formula is C31H28N2O4S. The van der Waals surface area contributed by atoms with Crippen LogP contribution in [0.3, 0.4) is 0 Å². The van der Waals surface area contributed by atoms with Crippen molar-refractivity contribution in [2.45, 2.75) is 32.9 Å². The van der Waals surface area contributed by atoms with Crippen molar-refractivity contribution < 1.29 is 14.3 Å². The average Bonchev–Trinajstić information content (AvgIpc) is 3.23. The Bertz CT molecular complexity index is 1670. The van der Waals surface area contributed by atoms with Crippen LogP contribution in [0.4, 0.5) is 0 Å². The molecule has 4 aromatic rings. The minimum Gasteiger partial charge on any atom is -0.491 e. The number of carbonyl (C=O) groups is 1. The third-order valence-corrected chi connectivity index (χ3v) is 7.00. The normalized spacial score (nSPS) is 15.3. The molecule has 1 aromatic heterocycles. The van der Waals surface area contributed by atoms with E-state index in [1.54, 1.807) is 11.5 Å². The Morgan fingerprint density at radius 1 is 1.03 bits per heavy atom. The molecule has 0 saturated heterocycles. The van der Waals surface area contributed by atoms with Crippen molar-refractivity contribution >= 4 is 29.1 Å². The van der Waals surface area contributed by atoms with Gasteiger partial charge in [-0.15, -0.1) is 0 Å². The third-order valence-electron chi connectivity index (χ3n) is 6.02. The molecule has 5 rings (SSSR count). The maximum atomic E-state index is 13.9. The molecule has 0 amide bonds. The highest BCUT2D eigenvalue weighted by Gasteiger charge is 2.35. The highest BCUT2D eigenvalue weighted by molar-refractivity contribution is 7.07. The van der Waals surface area contributed by atoms with Gasteiger partial charge < -0.3 is 9.47 Å². The summed E-state index contributed by atoms with van der Waals surface area (Å²) < 4.78 is 13.5. The van der Waals surface area contributed by atoms with Crippen LogP contribution in [-0.2, 0) is 9.53 Å². The molecule has 7 heteroatoms. The fourth-order valence-corrected chi connectivity index (χ4v) is 5.49. The molecule has 6 nitrogen and oxygen atoms in total. The molecule has 0 fully saturated rings. The highest BCUT2D eigenvalue weighted by atomic mass is 32.1. The van der Waals surface area contributed by atoms with Crippen molar-refractivity contribution in [2.24, 2.45) is 4.99 Å². The summed E-state index contributed by atoms with van der Waals surface area (Å²) in [4.78, 5) is 32.7. The molecular weight excluding hydrogens is 496 g/mol. The Balaban J connectivity index is 1.76. The van der Waals surface area contributed by atoms with Crippen LogP contribution in [0.2, 0.25) is 0 Å². The molecule has 2 heterocycles. The number of benzene rings is 3. The number of nitrogens with zero attached hydrogens (tertiary/aromatic N) is 2. The lowest BCUT2D eigenvalue weighted by Gasteiger charge is -2.25. The number of carbonyl (C=O) groups excluding carboxylic acids is 1. The predicted octanol–water partition coefficient (Wildman–Crippen LogP) is 4.72. The second-order valence-corrected chi connectivity index (χ2v) is 10.1. The van der Waals surface area contributed by atoms with Crippen molar-refractivity contribution in [3.05, 3.63) is 127 Å². The van der Waals surface area contributed by atoms with Crippen molar-refractivity contribution in [2.75, 3.05) is 6.61 Å². The number of hydrogen-bond acceptors (Lipinski definition) is 6. The molecule has 0 spiro atoms. The molecule has 1 aliphatic rings. The quantitative estimate of drug-likeness (QED) is 0.328. The van der Waals surface area contributed by atoms with E-state index >= 15 is 0 Å². The van der Waals surface area contributed by atoms with Crippen LogP contribution in [0.5, 0.6) is 5.75 Å². The van der Waals surface area contributed by atoms with Crippen LogP contribution in [0.1, 0.15) is 43.5 Å². The lowest BCUT2D eigenvalue weighted by atomic mass is 9.93. The van der Waals surface area contributed by atoms with Crippen molar-refractivity contribution in [1.82, 2.24) is 4.57 Å². The van der Waals surface area contributed by atoms with Gasteiger partial charge in [-0.3, -0.25) is 9.36 Å². The van der Waals surface area contributed by atoms with Crippen LogP contribution in [0, 0.1) is 0 Å². The van der Waals surface area contributed by atoms with Crippen molar-refractivity contribution in [1.29, 1.82) is 0 Å². The first kappa shape index (κ1) is 25.4. The zero-order valence-corrected chi connectivity index (χ0v) is 22.3. The average molecular weight is 525 g/mol. The molecule has 1 atom stereocenters. The second kappa shape index (κ2) is 11.0. The van der Waals surface area contributed by atoms with Crippen LogP contribution in [0.25, 0.3) is 11.8 Å². The summed E-state index contributed by atoms with van der Waals surface area (Å²) in [6.45, 7) is 5.93. The first-order valence-electron chi connectivity index (χ1n) is 12.6. The van der Waals surface area contributed by atoms with Gasteiger partial charge >= 0.3 is 5.97 Å². The van der Waals surface area contributed by atoms with E-state index in [1.807, 2.05) is 105 Å². The highest BCUT2D eigenvalue weighted by Crippen LogP contribution is 2.35. The van der Waals surface area contributed by atoms with E-state index in [0.717, 1.165) is 22.4 Å². The van der Waals surface area contributed by atoms with E-state index < -0.39 is 12.0 Å². The minimum absolute atomic E-state index is 0.0409. The van der Waals surface area contributed by atoms with Crippen molar-refractivity contribution in [3.8, 4) is 5.75 Å². The first-order chi connectivity index (χ1) is 18.5. The Hall–Kier alpha value is -4.23. The molecule has 0 radical (unpaired) electrons. The smallest absolute Gasteiger partial charge is 0.338 e. The number of thiazole rings is 1. The second-order valence-electron chi connectivity index (χ2n) is 9.08. The van der Waals surface area contributed by atoms with Gasteiger partial charge in [-0.1, -0.05) is 84.1 Å². The van der Waals surface area contributed by atoms with Crippen LogP contribution in [0.15, 0.2) is 100 Å². The molecule has 0 N–H and O–H groups in total. The number of rotatable bonds is 7. The van der Waals surface area contributed by atoms with Gasteiger partial charge in [-0.2, -0.15) is 0 Å². The zero-order valence-electron chi connectivity index (χ0n) is 21.5. The summed E-state index contributed by atoms with van der Waals surface area (Å²) in [6.07, 6.45) is 1.88. The van der Waals surface area contributed by atoms with Gasteiger partial charge in [-0.05, 0) is 50.1 Å². The molecule has 3 aromatic carbocycles. The molecule has 0 unspecified atom stereocenters. The van der Waals surface area contributed by atoms with Crippen LogP contribution < -0.4 is 19.6 Å². The van der Waals surface area contributed by atoms with Gasteiger partial charge in [0.2, 0.25) is 0 Å². The Morgan fingerprint density at radius 3 is 2.42 bits per heavy atom. The van der Waals surface area contributed by atoms with Gasteiger partial charge in [0.25, 0.3) is 5.56 Å². The molecule has 1 aliphatic heterocycles. The number of fused-ring (bicyclic) bond motifs is 1. The molecule has 0 aliphatic carbocycles. The monoisotopic (exact) mass is 524 g/mol. The first-order valence-corrected chi connectivity index (χ1v) is 13.4. The summed E-state index contributed by atoms with van der Waals surface area (Å²) in [5, 5.41) is 0. The van der Waals surface area contributed by atoms with E-state index in [4.69, 9.17) is 14.5 Å². The van der Waals surface area contributed by atoms with E-state index in [2.05, 4.69) is 0 Å². The van der Waals surface area contributed by atoms with Crippen molar-refractivity contribution in [3.63, 3.8) is 0 Å². The lowest BCUT2D eigenvalue weighted by molar-refractivity contribution is -0.138. The molecule has 0 bridgehead atoms. The van der Waals surface area contributed by atoms with Gasteiger partial charge in [0.15, 0.2) is 4.80 Å². The number of hydrogen-bond donors (Lipinski definition) is 0. The Kier molecular flexibility index (Phi) is 7.38. The molecule has 0 saturated carbocycles. The van der Waals surface area contributed by atoms with Gasteiger partial charge in [-0.25, -0.2) is 9.79 Å². The molecule has 38 heavy (non-hydrogen) atoms. The number of ether oxygens (including phenoxy) is 2. The van der Waals surface area contributed by atoms with Gasteiger partial charge in [0, 0.05) is 5.56 Å². The van der Waals surface area contributed by atoms with Gasteiger partial charge in [0.1, 0.15) is 5.75 Å². The summed E-state index contributed by atoms with van der Waals surface area (Å²) in [5.74, 6) is 0.247. The third kappa shape index (κ3) is 5.10.